The lowest BCUT2D eigenvalue weighted by Crippen LogP contribution is -2.02. The summed E-state index contributed by atoms with van der Waals surface area (Å²) >= 11 is 0. The molecule has 5 aromatic rings. The predicted octanol–water partition coefficient (Wildman–Crippen LogP) is 6.48. The Morgan fingerprint density at radius 2 is 1.31 bits per heavy atom. The lowest BCUT2D eigenvalue weighted by atomic mass is 10.0. The summed E-state index contributed by atoms with van der Waals surface area (Å²) in [6.07, 6.45) is 0. The summed E-state index contributed by atoms with van der Waals surface area (Å²) < 4.78 is 1.96. The smallest absolute Gasteiger partial charge is 0.335 e. The van der Waals surface area contributed by atoms with Crippen LogP contribution in [0.1, 0.15) is 10.4 Å². The number of nitro benzene ring substituents is 1. The van der Waals surface area contributed by atoms with Crippen LogP contribution >= 0.6 is 0 Å². The maximum atomic E-state index is 11.4. The zero-order valence-electron chi connectivity index (χ0n) is 18.4. The summed E-state index contributed by atoms with van der Waals surface area (Å²) in [6.45, 7) is 0. The Hall–Kier alpha value is -5.04. The summed E-state index contributed by atoms with van der Waals surface area (Å²) in [7, 11) is 0. The molecule has 0 spiro atoms. The molecule has 0 saturated heterocycles. The molecule has 5 rings (SSSR count). The molecule has 4 aromatic carbocycles. The van der Waals surface area contributed by atoms with Crippen molar-refractivity contribution in [2.45, 2.75) is 0 Å². The molecule has 0 unspecified atom stereocenters. The van der Waals surface area contributed by atoms with Crippen molar-refractivity contribution in [2.24, 2.45) is 0 Å². The molecule has 0 aliphatic heterocycles. The van der Waals surface area contributed by atoms with E-state index < -0.39 is 10.9 Å². The molecule has 0 bridgehead atoms. The first-order valence-corrected chi connectivity index (χ1v) is 10.8. The van der Waals surface area contributed by atoms with Crippen LogP contribution in [0.5, 0.6) is 0 Å². The fraction of sp³-hybridized carbons (Fsp3) is 0. The van der Waals surface area contributed by atoms with Crippen LogP contribution in [0, 0.1) is 10.1 Å². The molecule has 7 heteroatoms. The first kappa shape index (κ1) is 21.8. The summed E-state index contributed by atoms with van der Waals surface area (Å²) in [5.41, 5.74) is 4.99. The highest BCUT2D eigenvalue weighted by Gasteiger charge is 2.23. The fourth-order valence-corrected chi connectivity index (χ4v) is 4.01. The summed E-state index contributed by atoms with van der Waals surface area (Å²) in [6, 6.07) is 32.4. The molecule has 0 aliphatic carbocycles. The van der Waals surface area contributed by atoms with E-state index in [1.807, 2.05) is 65.2 Å². The van der Waals surface area contributed by atoms with Crippen molar-refractivity contribution in [2.75, 3.05) is 0 Å². The number of carboxylic acid groups (broad SMARTS) is 1. The molecular weight excluding hydrogens is 442 g/mol. The number of nitro groups is 1. The lowest BCUT2D eigenvalue weighted by Gasteiger charge is -2.14. The Bertz CT molecular complexity index is 1510. The van der Waals surface area contributed by atoms with Crippen molar-refractivity contribution in [1.82, 2.24) is 9.55 Å². The number of aromatic nitrogens is 2. The van der Waals surface area contributed by atoms with Crippen LogP contribution in [-0.4, -0.2) is 25.6 Å². The molecule has 0 saturated carbocycles. The third-order valence-corrected chi connectivity index (χ3v) is 5.68. The molecule has 0 amide bonds. The molecule has 7 nitrogen and oxygen atoms in total. The minimum Gasteiger partial charge on any atom is -0.478 e. The molecule has 0 atom stereocenters. The minimum atomic E-state index is -1.01. The number of benzene rings is 4. The monoisotopic (exact) mass is 461 g/mol. The molecule has 1 N–H and O–H groups in total. The normalized spacial score (nSPS) is 10.7. The molecular formula is C28H19N3O4. The van der Waals surface area contributed by atoms with Gasteiger partial charge in [0.2, 0.25) is 0 Å². The Morgan fingerprint density at radius 1 is 0.743 bits per heavy atom. The van der Waals surface area contributed by atoms with E-state index in [4.69, 9.17) is 4.98 Å². The van der Waals surface area contributed by atoms with E-state index in [-0.39, 0.29) is 11.3 Å². The second-order valence-corrected chi connectivity index (χ2v) is 7.86. The van der Waals surface area contributed by atoms with Crippen molar-refractivity contribution in [1.29, 1.82) is 0 Å². The van der Waals surface area contributed by atoms with Gasteiger partial charge in [0.05, 0.1) is 21.9 Å². The fourth-order valence-electron chi connectivity index (χ4n) is 4.01. The lowest BCUT2D eigenvalue weighted by molar-refractivity contribution is -0.384. The number of rotatable bonds is 6. The highest BCUT2D eigenvalue weighted by atomic mass is 16.6. The van der Waals surface area contributed by atoms with E-state index in [1.54, 1.807) is 36.4 Å². The van der Waals surface area contributed by atoms with E-state index in [1.165, 1.54) is 12.1 Å². The number of aromatic carboxylic acids is 1. The SMILES string of the molecule is O=C(O)c1ccc(-n2c(-c3ccc([N+](=O)[O-])cc3)nc(-c3ccccc3)c2-c2ccccc2)cc1. The standard InChI is InChI=1S/C28H19N3O4/c32-28(33)22-13-15-23(16-14-22)30-26(20-9-5-2-6-10-20)25(19-7-3-1-4-8-19)29-27(30)21-11-17-24(18-12-21)31(34)35/h1-18H,(H,32,33). The van der Waals surface area contributed by atoms with E-state index in [0.717, 1.165) is 28.2 Å². The van der Waals surface area contributed by atoms with Crippen LogP contribution in [0.25, 0.3) is 39.6 Å². The number of carboxylic acids is 1. The molecule has 1 aromatic heterocycles. The third kappa shape index (κ3) is 4.18. The number of non-ortho nitro benzene ring substituents is 1. The highest BCUT2D eigenvalue weighted by molar-refractivity contribution is 5.88. The Morgan fingerprint density at radius 3 is 1.86 bits per heavy atom. The minimum absolute atomic E-state index is 0.00997. The molecule has 1 heterocycles. The molecule has 170 valence electrons. The van der Waals surface area contributed by atoms with E-state index in [9.17, 15) is 20.0 Å². The van der Waals surface area contributed by atoms with E-state index in [2.05, 4.69) is 0 Å². The first-order valence-electron chi connectivity index (χ1n) is 10.8. The summed E-state index contributed by atoms with van der Waals surface area (Å²) in [4.78, 5) is 27.2. The Labute approximate surface area is 200 Å². The van der Waals surface area contributed by atoms with Crippen molar-refractivity contribution in [3.63, 3.8) is 0 Å². The van der Waals surface area contributed by atoms with Gasteiger partial charge < -0.3 is 5.11 Å². The second kappa shape index (κ2) is 9.07. The predicted molar refractivity (Wildman–Crippen MR) is 133 cm³/mol. The highest BCUT2D eigenvalue weighted by Crippen LogP contribution is 2.38. The van der Waals surface area contributed by atoms with Crippen LogP contribution in [0.3, 0.4) is 0 Å². The number of hydrogen-bond acceptors (Lipinski definition) is 4. The molecule has 0 aliphatic rings. The largest absolute Gasteiger partial charge is 0.478 e. The van der Waals surface area contributed by atoms with Crippen LogP contribution in [-0.2, 0) is 0 Å². The maximum absolute atomic E-state index is 11.4. The van der Waals surface area contributed by atoms with E-state index in [0.29, 0.717) is 11.4 Å². The van der Waals surface area contributed by atoms with Gasteiger partial charge in [-0.05, 0) is 36.4 Å². The van der Waals surface area contributed by atoms with Gasteiger partial charge >= 0.3 is 5.97 Å². The number of nitrogens with zero attached hydrogens (tertiary/aromatic N) is 3. The zero-order chi connectivity index (χ0) is 24.4. The third-order valence-electron chi connectivity index (χ3n) is 5.68. The Balaban J connectivity index is 1.83. The van der Waals surface area contributed by atoms with Gasteiger partial charge in [-0.1, -0.05) is 60.7 Å². The van der Waals surface area contributed by atoms with Gasteiger partial charge in [0.15, 0.2) is 0 Å². The van der Waals surface area contributed by atoms with Crippen molar-refractivity contribution in [3.05, 3.63) is 125 Å². The van der Waals surface area contributed by atoms with Gasteiger partial charge in [0.1, 0.15) is 5.82 Å². The van der Waals surface area contributed by atoms with Gasteiger partial charge in [-0.2, -0.15) is 0 Å². The number of hydrogen-bond donors (Lipinski definition) is 1. The first-order chi connectivity index (χ1) is 17.0. The average Bonchev–Trinajstić information content (AvgIpc) is 3.30. The van der Waals surface area contributed by atoms with Crippen LogP contribution in [0.2, 0.25) is 0 Å². The Kier molecular flexibility index (Phi) is 5.65. The van der Waals surface area contributed by atoms with Crippen LogP contribution < -0.4 is 0 Å². The van der Waals surface area contributed by atoms with Crippen molar-refractivity contribution >= 4 is 11.7 Å². The van der Waals surface area contributed by atoms with Gasteiger partial charge in [-0.3, -0.25) is 14.7 Å². The van der Waals surface area contributed by atoms with Gasteiger partial charge in [-0.15, -0.1) is 0 Å². The van der Waals surface area contributed by atoms with Crippen molar-refractivity contribution < 1.29 is 14.8 Å². The van der Waals surface area contributed by atoms with Crippen molar-refractivity contribution in [3.8, 4) is 39.6 Å². The maximum Gasteiger partial charge on any atom is 0.335 e. The summed E-state index contributed by atoms with van der Waals surface area (Å²) in [5, 5.41) is 20.5. The molecule has 35 heavy (non-hydrogen) atoms. The molecule has 0 fully saturated rings. The van der Waals surface area contributed by atoms with Gasteiger partial charge in [-0.25, -0.2) is 9.78 Å². The summed E-state index contributed by atoms with van der Waals surface area (Å²) in [5.74, 6) is -0.424. The van der Waals surface area contributed by atoms with Gasteiger partial charge in [0, 0.05) is 34.5 Å². The second-order valence-electron chi connectivity index (χ2n) is 7.86. The number of carbonyl (C=O) groups is 1. The van der Waals surface area contributed by atoms with Gasteiger partial charge in [0.25, 0.3) is 5.69 Å². The van der Waals surface area contributed by atoms with Crippen LogP contribution in [0.4, 0.5) is 5.69 Å². The zero-order valence-corrected chi connectivity index (χ0v) is 18.4. The van der Waals surface area contributed by atoms with E-state index >= 15 is 0 Å². The van der Waals surface area contributed by atoms with Crippen LogP contribution in [0.15, 0.2) is 109 Å². The molecule has 0 radical (unpaired) electrons. The average molecular weight is 461 g/mol. The topological polar surface area (TPSA) is 98.3 Å². The number of imidazole rings is 1. The quantitative estimate of drug-likeness (QED) is 0.230.